The predicted octanol–water partition coefficient (Wildman–Crippen LogP) is -2.52. The summed E-state index contributed by atoms with van der Waals surface area (Å²) in [5.41, 5.74) is 0. The average Bonchev–Trinajstić information content (AvgIpc) is 0.722. The maximum atomic E-state index is 7.33. The van der Waals surface area contributed by atoms with Crippen molar-refractivity contribution in [3.63, 3.8) is 0 Å². The molecular weight excluding hydrogens is 132 g/mol. The van der Waals surface area contributed by atoms with E-state index in [2.05, 4.69) is 0 Å². The molecule has 0 radical (unpaired) electrons. The van der Waals surface area contributed by atoms with Crippen LogP contribution in [0.15, 0.2) is 0 Å². The second-order valence-corrected chi connectivity index (χ2v) is 1.80. The van der Waals surface area contributed by atoms with Gasteiger partial charge < -0.3 is 22.0 Å². The zero-order chi connectivity index (χ0) is 4.50. The van der Waals surface area contributed by atoms with Gasteiger partial charge in [0.15, 0.2) is 0 Å². The fourth-order valence-electron chi connectivity index (χ4n) is 0. The molecule has 0 bridgehead atoms. The molecule has 0 aliphatic carbocycles. The van der Waals surface area contributed by atoms with Gasteiger partial charge in [-0.05, 0) is 0 Å². The molecule has 6 heavy (non-hydrogen) atoms. The fourth-order valence-corrected chi connectivity index (χ4v) is 0. The van der Waals surface area contributed by atoms with Crippen LogP contribution in [-0.2, 0) is 0 Å². The van der Waals surface area contributed by atoms with Gasteiger partial charge in [0.2, 0.25) is 0 Å². The van der Waals surface area contributed by atoms with Gasteiger partial charge in [0.05, 0.1) is 0 Å². The minimum atomic E-state index is -4.61. The first-order chi connectivity index (χ1) is 2.00. The Kier molecular flexibility index (Phi) is 5.74. The van der Waals surface area contributed by atoms with Crippen molar-refractivity contribution < 1.29 is 23.5 Å². The van der Waals surface area contributed by atoms with Crippen LogP contribution in [0.2, 0.25) is 0 Å². The van der Waals surface area contributed by atoms with Crippen LogP contribution >= 0.6 is 0 Å². The Morgan fingerprint density at radius 3 is 1.17 bits per heavy atom. The summed E-state index contributed by atoms with van der Waals surface area (Å²) in [6, 6.07) is 0. The van der Waals surface area contributed by atoms with E-state index in [1.54, 1.807) is 0 Å². The van der Waals surface area contributed by atoms with E-state index in [1.807, 2.05) is 0 Å². The molecule has 0 aromatic carbocycles. The van der Waals surface area contributed by atoms with Gasteiger partial charge in [-0.3, -0.25) is 0 Å². The van der Waals surface area contributed by atoms with Crippen LogP contribution in [0, 0.1) is 0 Å². The summed E-state index contributed by atoms with van der Waals surface area (Å²) in [5.74, 6) is 0. The van der Waals surface area contributed by atoms with Crippen LogP contribution in [0.25, 0.3) is 0 Å². The normalized spacial score (nSPS) is 10.0. The van der Waals surface area contributed by atoms with Crippen molar-refractivity contribution >= 4 is 46.8 Å². The zero-order valence-electron chi connectivity index (χ0n) is 5.00. The predicted molar refractivity (Wildman–Crippen MR) is 24.7 cm³/mol. The van der Waals surface area contributed by atoms with E-state index in [9.17, 15) is 0 Å². The third kappa shape index (κ3) is 57.1. The van der Waals surface area contributed by atoms with Crippen LogP contribution < -0.4 is 0 Å². The summed E-state index contributed by atoms with van der Waals surface area (Å²) < 4.78 is 0. The van der Waals surface area contributed by atoms with Crippen molar-refractivity contribution in [1.29, 1.82) is 0 Å². The SMILES string of the molecule is O[Si](O)(O)O.[Ca+2].[H-].[H-].[HH]. The molecule has 4 N–H and O–H groups in total. The van der Waals surface area contributed by atoms with Crippen LogP contribution in [0.4, 0.5) is 0 Å². The quantitative estimate of drug-likeness (QED) is 0.280. The second-order valence-electron chi connectivity index (χ2n) is 0.600. The van der Waals surface area contributed by atoms with Gasteiger partial charge in [0.25, 0.3) is 0 Å². The summed E-state index contributed by atoms with van der Waals surface area (Å²) in [4.78, 5) is 29.3. The maximum absolute atomic E-state index is 7.33. The first kappa shape index (κ1) is 10.3. The molecule has 0 aromatic rings. The molecule has 0 rings (SSSR count). The molecule has 0 amide bonds. The van der Waals surface area contributed by atoms with Gasteiger partial charge in [-0.25, -0.2) is 0 Å². The maximum Gasteiger partial charge on any atom is 2.00 e. The Bertz CT molecular complexity index is 31.3. The van der Waals surface area contributed by atoms with Crippen molar-refractivity contribution in [2.24, 2.45) is 0 Å². The molecule has 0 fully saturated rings. The van der Waals surface area contributed by atoms with E-state index < -0.39 is 9.05 Å². The third-order valence-electron chi connectivity index (χ3n) is 0. The molecule has 0 aromatic heterocycles. The van der Waals surface area contributed by atoms with E-state index in [1.165, 1.54) is 0 Å². The van der Waals surface area contributed by atoms with Crippen LogP contribution in [0.5, 0.6) is 0 Å². The summed E-state index contributed by atoms with van der Waals surface area (Å²) in [7, 11) is -4.61. The molecule has 6 heteroatoms. The van der Waals surface area contributed by atoms with Crippen LogP contribution in [0.3, 0.4) is 0 Å². The second kappa shape index (κ2) is 3.34. The van der Waals surface area contributed by atoms with Gasteiger partial charge in [-0.2, -0.15) is 0 Å². The van der Waals surface area contributed by atoms with Crippen molar-refractivity contribution in [3.8, 4) is 0 Å². The molecule has 0 heterocycles. The van der Waals surface area contributed by atoms with Gasteiger partial charge in [-0.15, -0.1) is 0 Å². The van der Waals surface area contributed by atoms with E-state index >= 15 is 0 Å². The smallest absolute Gasteiger partial charge is 1.00 e. The van der Waals surface area contributed by atoms with E-state index in [0.29, 0.717) is 0 Å². The van der Waals surface area contributed by atoms with Crippen molar-refractivity contribution in [3.05, 3.63) is 0 Å². The van der Waals surface area contributed by atoms with Gasteiger partial charge in [0.1, 0.15) is 0 Å². The summed E-state index contributed by atoms with van der Waals surface area (Å²) in [6.45, 7) is 0. The molecule has 0 spiro atoms. The first-order valence-electron chi connectivity index (χ1n) is 0.894. The monoisotopic (exact) mass is 140 g/mol. The summed E-state index contributed by atoms with van der Waals surface area (Å²) in [5, 5.41) is 0. The van der Waals surface area contributed by atoms with E-state index in [0.717, 1.165) is 0 Å². The van der Waals surface area contributed by atoms with E-state index in [-0.39, 0.29) is 42.0 Å². The summed E-state index contributed by atoms with van der Waals surface area (Å²) >= 11 is 0. The molecule has 0 aliphatic rings. The Balaban J connectivity index is -0.0000000133. The fraction of sp³-hybridized carbons (Fsp3) is 0. The van der Waals surface area contributed by atoms with Crippen molar-refractivity contribution in [1.82, 2.24) is 0 Å². The number of hydrogen-bond donors (Lipinski definition) is 4. The molecule has 38 valence electrons. The molecule has 0 saturated heterocycles. The van der Waals surface area contributed by atoms with E-state index in [4.69, 9.17) is 19.2 Å². The van der Waals surface area contributed by atoms with Gasteiger partial charge in [-0.1, -0.05) is 0 Å². The Labute approximate surface area is 70.0 Å². The topological polar surface area (TPSA) is 80.9 Å². The molecule has 0 atom stereocenters. The standard InChI is InChI=1S/Ca.H4O4Si.H2.2H/c;1-5(2,3)4;;;/h;1-4H;1H;;/q+2;;;2*-1. The number of rotatable bonds is 0. The zero-order valence-corrected chi connectivity index (χ0v) is 6.20. The largest absolute Gasteiger partial charge is 2.00 e. The Morgan fingerprint density at radius 2 is 1.17 bits per heavy atom. The van der Waals surface area contributed by atoms with Crippen LogP contribution in [0.1, 0.15) is 4.28 Å². The van der Waals surface area contributed by atoms with Crippen molar-refractivity contribution in [2.75, 3.05) is 0 Å². The minimum Gasteiger partial charge on any atom is -1.00 e. The first-order valence-corrected chi connectivity index (χ1v) is 2.68. The van der Waals surface area contributed by atoms with Crippen molar-refractivity contribution in [2.45, 2.75) is 0 Å². The molecule has 0 unspecified atom stereocenters. The molecular formula is H8CaO4Si. The minimum absolute atomic E-state index is 0. The molecule has 0 aliphatic heterocycles. The Morgan fingerprint density at radius 1 is 1.17 bits per heavy atom. The third-order valence-corrected chi connectivity index (χ3v) is 0. The van der Waals surface area contributed by atoms with Gasteiger partial charge >= 0.3 is 46.8 Å². The Hall–Kier alpha value is 1.32. The average molecular weight is 140 g/mol. The number of hydrogen-bond acceptors (Lipinski definition) is 4. The molecule has 0 saturated carbocycles. The summed E-state index contributed by atoms with van der Waals surface area (Å²) in [6.07, 6.45) is 0. The van der Waals surface area contributed by atoms with Gasteiger partial charge in [0, 0.05) is 1.43 Å². The molecule has 4 nitrogen and oxygen atoms in total. The van der Waals surface area contributed by atoms with Crippen LogP contribution in [-0.4, -0.2) is 66.0 Å².